The third-order valence-electron chi connectivity index (χ3n) is 3.18. The Balaban J connectivity index is 2.13. The van der Waals surface area contributed by atoms with Crippen molar-refractivity contribution in [3.63, 3.8) is 0 Å². The van der Waals surface area contributed by atoms with Crippen LogP contribution in [0.15, 0.2) is 30.6 Å². The van der Waals surface area contributed by atoms with Crippen LogP contribution in [-0.4, -0.2) is 28.6 Å². The molecule has 1 aromatic carbocycles. The Morgan fingerprint density at radius 2 is 2.20 bits per heavy atom. The van der Waals surface area contributed by atoms with Crippen molar-refractivity contribution < 1.29 is 4.74 Å². The second kappa shape index (κ2) is 6.22. The summed E-state index contributed by atoms with van der Waals surface area (Å²) in [6.07, 6.45) is 3.72. The van der Waals surface area contributed by atoms with Gasteiger partial charge >= 0.3 is 0 Å². The molecule has 0 spiro atoms. The van der Waals surface area contributed by atoms with Gasteiger partial charge in [0.25, 0.3) is 0 Å². The van der Waals surface area contributed by atoms with Gasteiger partial charge in [-0.1, -0.05) is 0 Å². The van der Waals surface area contributed by atoms with Crippen molar-refractivity contribution in [3.8, 4) is 11.8 Å². The van der Waals surface area contributed by atoms with E-state index < -0.39 is 0 Å². The quantitative estimate of drug-likeness (QED) is 0.833. The molecule has 2 rings (SSSR count). The van der Waals surface area contributed by atoms with E-state index in [0.29, 0.717) is 12.1 Å². The number of hydrogen-bond acceptors (Lipinski definition) is 4. The monoisotopic (exact) mass is 270 g/mol. The van der Waals surface area contributed by atoms with Crippen molar-refractivity contribution >= 4 is 0 Å². The molecule has 1 aromatic heterocycles. The van der Waals surface area contributed by atoms with Crippen molar-refractivity contribution in [2.75, 3.05) is 14.2 Å². The molecule has 20 heavy (non-hydrogen) atoms. The fourth-order valence-electron chi connectivity index (χ4n) is 2.11. The highest BCUT2D eigenvalue weighted by Crippen LogP contribution is 2.21. The first-order chi connectivity index (χ1) is 9.63. The van der Waals surface area contributed by atoms with E-state index in [0.717, 1.165) is 23.7 Å². The van der Waals surface area contributed by atoms with Crippen LogP contribution in [0.25, 0.3) is 0 Å². The average Bonchev–Trinajstić information content (AvgIpc) is 2.84. The summed E-state index contributed by atoms with van der Waals surface area (Å²) >= 11 is 0. The molecule has 0 N–H and O–H groups in total. The number of benzene rings is 1. The van der Waals surface area contributed by atoms with Crippen LogP contribution in [0, 0.1) is 11.3 Å². The van der Waals surface area contributed by atoms with Crippen LogP contribution in [0.3, 0.4) is 0 Å². The van der Waals surface area contributed by atoms with Crippen LogP contribution in [0.1, 0.15) is 17.0 Å². The number of nitriles is 1. The first-order valence-corrected chi connectivity index (χ1v) is 6.35. The van der Waals surface area contributed by atoms with Crippen LogP contribution < -0.4 is 4.74 Å². The van der Waals surface area contributed by atoms with Gasteiger partial charge in [-0.3, -0.25) is 4.90 Å². The minimum absolute atomic E-state index is 0.645. The number of rotatable bonds is 5. The molecule has 5 nitrogen and oxygen atoms in total. The molecule has 0 bridgehead atoms. The van der Waals surface area contributed by atoms with Crippen LogP contribution in [0.4, 0.5) is 0 Å². The zero-order chi connectivity index (χ0) is 14.5. The fraction of sp³-hybridized carbons (Fsp3) is 0.333. The summed E-state index contributed by atoms with van der Waals surface area (Å²) in [5.74, 6) is 1.80. The lowest BCUT2D eigenvalue weighted by Gasteiger charge is -2.18. The first-order valence-electron chi connectivity index (χ1n) is 6.35. The molecule has 2 aromatic rings. The van der Waals surface area contributed by atoms with Gasteiger partial charge in [0, 0.05) is 31.5 Å². The summed E-state index contributed by atoms with van der Waals surface area (Å²) in [6, 6.07) is 7.63. The lowest BCUT2D eigenvalue weighted by atomic mass is 10.1. The molecule has 5 heteroatoms. The Bertz CT molecular complexity index is 627. The van der Waals surface area contributed by atoms with E-state index in [-0.39, 0.29) is 0 Å². The largest absolute Gasteiger partial charge is 0.496 e. The van der Waals surface area contributed by atoms with Gasteiger partial charge in [0.2, 0.25) is 0 Å². The Labute approximate surface area is 119 Å². The predicted molar refractivity (Wildman–Crippen MR) is 76.1 cm³/mol. The van der Waals surface area contributed by atoms with E-state index in [4.69, 9.17) is 10.00 Å². The number of imidazole rings is 1. The first kappa shape index (κ1) is 14.1. The number of aromatic nitrogens is 2. The normalized spacial score (nSPS) is 10.6. The molecule has 0 radical (unpaired) electrons. The minimum Gasteiger partial charge on any atom is -0.496 e. The Morgan fingerprint density at radius 3 is 2.80 bits per heavy atom. The highest BCUT2D eigenvalue weighted by Gasteiger charge is 2.10. The Kier molecular flexibility index (Phi) is 4.38. The molecule has 0 atom stereocenters. The van der Waals surface area contributed by atoms with Gasteiger partial charge < -0.3 is 9.30 Å². The molecule has 1 heterocycles. The average molecular weight is 270 g/mol. The second-order valence-corrected chi connectivity index (χ2v) is 4.77. The molecule has 0 aliphatic heterocycles. The van der Waals surface area contributed by atoms with E-state index >= 15 is 0 Å². The highest BCUT2D eigenvalue weighted by atomic mass is 16.5. The van der Waals surface area contributed by atoms with E-state index in [9.17, 15) is 0 Å². The SMILES string of the molecule is COc1ccc(C#N)cc1CN(C)Cc1nccn1C. The maximum atomic E-state index is 8.99. The van der Waals surface area contributed by atoms with Gasteiger partial charge in [-0.15, -0.1) is 0 Å². The number of nitrogens with zero attached hydrogens (tertiary/aromatic N) is 4. The van der Waals surface area contributed by atoms with Crippen LogP contribution in [0.5, 0.6) is 5.75 Å². The molecule has 104 valence electrons. The topological polar surface area (TPSA) is 54.1 Å². The molecule has 0 aliphatic carbocycles. The maximum absolute atomic E-state index is 8.99. The van der Waals surface area contributed by atoms with E-state index in [1.165, 1.54) is 0 Å². The minimum atomic E-state index is 0.645. The lowest BCUT2D eigenvalue weighted by molar-refractivity contribution is 0.299. The standard InChI is InChI=1S/C15H18N4O/c1-18(11-15-17-6-7-19(15)2)10-13-8-12(9-16)4-5-14(13)20-3/h4-8H,10-11H2,1-3H3. The summed E-state index contributed by atoms with van der Waals surface area (Å²) in [5.41, 5.74) is 1.65. The third-order valence-corrected chi connectivity index (χ3v) is 3.18. The molecular weight excluding hydrogens is 252 g/mol. The van der Waals surface area contributed by atoms with E-state index in [1.807, 2.05) is 37.0 Å². The van der Waals surface area contributed by atoms with Crippen LogP contribution in [-0.2, 0) is 20.1 Å². The van der Waals surface area contributed by atoms with Crippen molar-refractivity contribution in [1.82, 2.24) is 14.5 Å². The fourth-order valence-corrected chi connectivity index (χ4v) is 2.11. The van der Waals surface area contributed by atoms with Gasteiger partial charge in [0.15, 0.2) is 0 Å². The summed E-state index contributed by atoms with van der Waals surface area (Å²) in [4.78, 5) is 6.45. The molecule has 0 aliphatic rings. The molecular formula is C15H18N4O. The number of aryl methyl sites for hydroxylation is 1. The molecule has 0 fully saturated rings. The lowest BCUT2D eigenvalue weighted by Crippen LogP contribution is -2.20. The van der Waals surface area contributed by atoms with Crippen molar-refractivity contribution in [2.24, 2.45) is 7.05 Å². The number of ether oxygens (including phenoxy) is 1. The van der Waals surface area contributed by atoms with Crippen molar-refractivity contribution in [1.29, 1.82) is 5.26 Å². The summed E-state index contributed by atoms with van der Waals surface area (Å²) in [7, 11) is 5.64. The number of methoxy groups -OCH3 is 1. The predicted octanol–water partition coefficient (Wildman–Crippen LogP) is 1.93. The van der Waals surface area contributed by atoms with Gasteiger partial charge in [0.05, 0.1) is 25.3 Å². The van der Waals surface area contributed by atoms with E-state index in [1.54, 1.807) is 19.4 Å². The third kappa shape index (κ3) is 3.16. The van der Waals surface area contributed by atoms with Crippen molar-refractivity contribution in [3.05, 3.63) is 47.5 Å². The smallest absolute Gasteiger partial charge is 0.123 e. The van der Waals surface area contributed by atoms with Gasteiger partial charge in [-0.2, -0.15) is 5.26 Å². The second-order valence-electron chi connectivity index (χ2n) is 4.77. The molecule has 0 amide bonds. The summed E-state index contributed by atoms with van der Waals surface area (Å²) < 4.78 is 7.35. The Morgan fingerprint density at radius 1 is 1.40 bits per heavy atom. The summed E-state index contributed by atoms with van der Waals surface area (Å²) in [5, 5.41) is 8.99. The van der Waals surface area contributed by atoms with Crippen molar-refractivity contribution in [2.45, 2.75) is 13.1 Å². The van der Waals surface area contributed by atoms with Gasteiger partial charge in [0.1, 0.15) is 11.6 Å². The van der Waals surface area contributed by atoms with Gasteiger partial charge in [-0.05, 0) is 25.2 Å². The molecule has 0 saturated carbocycles. The Hall–Kier alpha value is -2.32. The van der Waals surface area contributed by atoms with Crippen LogP contribution in [0.2, 0.25) is 0 Å². The number of hydrogen-bond donors (Lipinski definition) is 0. The maximum Gasteiger partial charge on any atom is 0.123 e. The van der Waals surface area contributed by atoms with E-state index in [2.05, 4.69) is 16.0 Å². The van der Waals surface area contributed by atoms with Gasteiger partial charge in [-0.25, -0.2) is 4.98 Å². The highest BCUT2D eigenvalue weighted by molar-refractivity contribution is 5.42. The molecule has 0 saturated heterocycles. The summed E-state index contributed by atoms with van der Waals surface area (Å²) in [6.45, 7) is 1.44. The zero-order valence-corrected chi connectivity index (χ0v) is 12.0. The molecule has 0 unspecified atom stereocenters. The zero-order valence-electron chi connectivity index (χ0n) is 12.0. The van der Waals surface area contributed by atoms with Crippen LogP contribution >= 0.6 is 0 Å².